The maximum absolute atomic E-state index is 12.9. The maximum Gasteiger partial charge on any atom is 0.123 e. The molecule has 2 N–H and O–H groups in total. The summed E-state index contributed by atoms with van der Waals surface area (Å²) in [6.07, 6.45) is 3.49. The van der Waals surface area contributed by atoms with Gasteiger partial charge in [0.25, 0.3) is 0 Å². The van der Waals surface area contributed by atoms with Gasteiger partial charge in [-0.1, -0.05) is 0 Å². The molecule has 0 atom stereocenters. The molecule has 1 aromatic heterocycles. The summed E-state index contributed by atoms with van der Waals surface area (Å²) in [4.78, 5) is 0. The molecular weight excluding hydrogens is 181 g/mol. The molecule has 0 radical (unpaired) electrons. The van der Waals surface area contributed by atoms with E-state index in [1.165, 1.54) is 12.1 Å². The lowest BCUT2D eigenvalue weighted by Gasteiger charge is -2.05. The average molecular weight is 191 g/mol. The van der Waals surface area contributed by atoms with E-state index < -0.39 is 0 Å². The Morgan fingerprint density at radius 1 is 1.43 bits per heavy atom. The molecule has 1 aromatic carbocycles. The first-order chi connectivity index (χ1) is 6.75. The molecule has 3 nitrogen and oxygen atoms in total. The summed E-state index contributed by atoms with van der Waals surface area (Å²) in [6.45, 7) is 0.497. The number of aromatic nitrogens is 2. The molecule has 4 heteroatoms. The van der Waals surface area contributed by atoms with Gasteiger partial charge in [0.2, 0.25) is 0 Å². The Kier molecular flexibility index (Phi) is 2.18. The largest absolute Gasteiger partial charge is 0.398 e. The minimum Gasteiger partial charge on any atom is -0.398 e. The van der Waals surface area contributed by atoms with Gasteiger partial charge < -0.3 is 5.73 Å². The van der Waals surface area contributed by atoms with Gasteiger partial charge in [-0.2, -0.15) is 5.10 Å². The smallest absolute Gasteiger partial charge is 0.123 e. The zero-order valence-electron chi connectivity index (χ0n) is 7.52. The lowest BCUT2D eigenvalue weighted by Crippen LogP contribution is -2.03. The Balaban J connectivity index is 2.28. The molecule has 0 saturated heterocycles. The summed E-state index contributed by atoms with van der Waals surface area (Å²) >= 11 is 0. The Morgan fingerprint density at radius 2 is 2.29 bits per heavy atom. The highest BCUT2D eigenvalue weighted by Crippen LogP contribution is 2.14. The number of benzene rings is 1. The van der Waals surface area contributed by atoms with Crippen LogP contribution in [-0.4, -0.2) is 9.78 Å². The molecule has 0 amide bonds. The number of nitrogens with two attached hydrogens (primary N) is 1. The predicted octanol–water partition coefficient (Wildman–Crippen LogP) is 1.65. The van der Waals surface area contributed by atoms with Crippen molar-refractivity contribution in [1.82, 2.24) is 9.78 Å². The molecule has 72 valence electrons. The first-order valence-electron chi connectivity index (χ1n) is 4.27. The van der Waals surface area contributed by atoms with Gasteiger partial charge in [0.1, 0.15) is 5.82 Å². The second kappa shape index (κ2) is 3.49. The molecule has 1 heterocycles. The zero-order chi connectivity index (χ0) is 9.97. The molecule has 0 unspecified atom stereocenters. The second-order valence-corrected chi connectivity index (χ2v) is 3.05. The van der Waals surface area contributed by atoms with Crippen LogP contribution in [0.25, 0.3) is 0 Å². The van der Waals surface area contributed by atoms with Gasteiger partial charge in [-0.05, 0) is 29.8 Å². The maximum atomic E-state index is 12.9. The fourth-order valence-corrected chi connectivity index (χ4v) is 1.28. The fourth-order valence-electron chi connectivity index (χ4n) is 1.28. The number of hydrogen-bond donors (Lipinski definition) is 1. The van der Waals surface area contributed by atoms with Gasteiger partial charge in [0, 0.05) is 18.1 Å². The van der Waals surface area contributed by atoms with Crippen LogP contribution in [0.2, 0.25) is 0 Å². The van der Waals surface area contributed by atoms with Crippen LogP contribution in [0.15, 0.2) is 36.7 Å². The molecule has 0 saturated carbocycles. The summed E-state index contributed by atoms with van der Waals surface area (Å²) < 4.78 is 14.6. The lowest BCUT2D eigenvalue weighted by molar-refractivity contribution is 0.620. The van der Waals surface area contributed by atoms with E-state index in [0.717, 1.165) is 5.56 Å². The third kappa shape index (κ3) is 1.74. The van der Waals surface area contributed by atoms with Crippen LogP contribution in [0.1, 0.15) is 5.56 Å². The van der Waals surface area contributed by atoms with E-state index in [1.807, 2.05) is 12.3 Å². The summed E-state index contributed by atoms with van der Waals surface area (Å²) in [5.41, 5.74) is 7.03. The van der Waals surface area contributed by atoms with Crippen LogP contribution >= 0.6 is 0 Å². The van der Waals surface area contributed by atoms with Gasteiger partial charge >= 0.3 is 0 Å². The van der Waals surface area contributed by atoms with Crippen LogP contribution in [0.3, 0.4) is 0 Å². The van der Waals surface area contributed by atoms with E-state index >= 15 is 0 Å². The molecule has 0 spiro atoms. The molecule has 0 fully saturated rings. The van der Waals surface area contributed by atoms with E-state index in [-0.39, 0.29) is 5.82 Å². The van der Waals surface area contributed by atoms with Crippen LogP contribution in [0.5, 0.6) is 0 Å². The van der Waals surface area contributed by atoms with Crippen molar-refractivity contribution in [3.8, 4) is 0 Å². The summed E-state index contributed by atoms with van der Waals surface area (Å²) in [5.74, 6) is -0.277. The predicted molar refractivity (Wildman–Crippen MR) is 52.1 cm³/mol. The van der Waals surface area contributed by atoms with Crippen LogP contribution in [0, 0.1) is 5.82 Å². The quantitative estimate of drug-likeness (QED) is 0.733. The molecule has 14 heavy (non-hydrogen) atoms. The highest BCUT2D eigenvalue weighted by Gasteiger charge is 2.01. The average Bonchev–Trinajstić information content (AvgIpc) is 2.64. The monoisotopic (exact) mass is 191 g/mol. The number of rotatable bonds is 2. The third-order valence-electron chi connectivity index (χ3n) is 2.00. The fraction of sp³-hybridized carbons (Fsp3) is 0.100. The molecule has 0 aliphatic heterocycles. The summed E-state index contributed by atoms with van der Waals surface area (Å²) in [6, 6.07) is 6.16. The minimum absolute atomic E-state index is 0.277. The first-order valence-corrected chi connectivity index (χ1v) is 4.27. The summed E-state index contributed by atoms with van der Waals surface area (Å²) in [7, 11) is 0. The second-order valence-electron chi connectivity index (χ2n) is 3.05. The van der Waals surface area contributed by atoms with Crippen LogP contribution < -0.4 is 5.73 Å². The number of nitrogens with zero attached hydrogens (tertiary/aromatic N) is 2. The molecule has 0 aliphatic carbocycles. The van der Waals surface area contributed by atoms with Crippen molar-refractivity contribution in [3.05, 3.63) is 48.0 Å². The van der Waals surface area contributed by atoms with E-state index in [4.69, 9.17) is 5.73 Å². The normalized spacial score (nSPS) is 10.4. The Labute approximate surface area is 81.0 Å². The van der Waals surface area contributed by atoms with Crippen molar-refractivity contribution in [2.75, 3.05) is 5.73 Å². The first kappa shape index (κ1) is 8.74. The van der Waals surface area contributed by atoms with E-state index in [0.29, 0.717) is 12.2 Å². The van der Waals surface area contributed by atoms with Gasteiger partial charge in [-0.15, -0.1) is 0 Å². The lowest BCUT2D eigenvalue weighted by atomic mass is 10.2. The van der Waals surface area contributed by atoms with Crippen molar-refractivity contribution in [1.29, 1.82) is 0 Å². The standard InChI is InChI=1S/C10H10FN3/c11-9-2-3-10(12)8(6-9)7-14-5-1-4-13-14/h1-6H,7,12H2. The van der Waals surface area contributed by atoms with Crippen LogP contribution in [-0.2, 0) is 6.54 Å². The third-order valence-corrected chi connectivity index (χ3v) is 2.00. The van der Waals surface area contributed by atoms with E-state index in [2.05, 4.69) is 5.10 Å². The molecule has 0 aliphatic rings. The van der Waals surface area contributed by atoms with Crippen molar-refractivity contribution < 1.29 is 4.39 Å². The summed E-state index contributed by atoms with van der Waals surface area (Å²) in [5, 5.41) is 4.02. The van der Waals surface area contributed by atoms with Gasteiger partial charge in [0.15, 0.2) is 0 Å². The number of halogens is 1. The molecule has 2 aromatic rings. The Bertz CT molecular complexity index is 423. The van der Waals surface area contributed by atoms with Gasteiger partial charge in [0.05, 0.1) is 6.54 Å². The highest BCUT2D eigenvalue weighted by atomic mass is 19.1. The topological polar surface area (TPSA) is 43.8 Å². The van der Waals surface area contributed by atoms with E-state index in [9.17, 15) is 4.39 Å². The van der Waals surface area contributed by atoms with Gasteiger partial charge in [-0.3, -0.25) is 4.68 Å². The number of anilines is 1. The molecule has 2 rings (SSSR count). The zero-order valence-corrected chi connectivity index (χ0v) is 7.52. The van der Waals surface area contributed by atoms with Gasteiger partial charge in [-0.25, -0.2) is 4.39 Å². The molecular formula is C10H10FN3. The van der Waals surface area contributed by atoms with Crippen LogP contribution in [0.4, 0.5) is 10.1 Å². The van der Waals surface area contributed by atoms with Crippen molar-refractivity contribution >= 4 is 5.69 Å². The van der Waals surface area contributed by atoms with Crippen molar-refractivity contribution in [2.24, 2.45) is 0 Å². The Morgan fingerprint density at radius 3 is 3.00 bits per heavy atom. The highest BCUT2D eigenvalue weighted by molar-refractivity contribution is 5.46. The number of nitrogen functional groups attached to an aromatic ring is 1. The minimum atomic E-state index is -0.277. The Hall–Kier alpha value is -1.84. The van der Waals surface area contributed by atoms with Crippen molar-refractivity contribution in [2.45, 2.75) is 6.54 Å². The SMILES string of the molecule is Nc1ccc(F)cc1Cn1cccn1. The van der Waals surface area contributed by atoms with Crippen molar-refractivity contribution in [3.63, 3.8) is 0 Å². The number of hydrogen-bond acceptors (Lipinski definition) is 2. The molecule has 0 bridgehead atoms. The van der Waals surface area contributed by atoms with E-state index in [1.54, 1.807) is 16.9 Å².